The third-order valence-electron chi connectivity index (χ3n) is 5.67. The number of rotatable bonds is 4. The number of hydrogen-bond donors (Lipinski definition) is 2. The summed E-state index contributed by atoms with van der Waals surface area (Å²) < 4.78 is 0. The average molecular weight is 343 g/mol. The molecule has 3 rings (SSSR count). The Morgan fingerprint density at radius 3 is 2.23 bits per heavy atom. The summed E-state index contributed by atoms with van der Waals surface area (Å²) in [7, 11) is 0. The Kier molecular flexibility index (Phi) is 5.34. The first-order valence-corrected chi connectivity index (χ1v) is 9.34. The third kappa shape index (κ3) is 3.31. The highest BCUT2D eigenvalue weighted by Crippen LogP contribution is 2.47. The van der Waals surface area contributed by atoms with Crippen LogP contribution in [0.25, 0.3) is 0 Å². The monoisotopic (exact) mass is 342 g/mol. The second-order valence-corrected chi connectivity index (χ2v) is 7.84. The van der Waals surface area contributed by atoms with Crippen LogP contribution in [0.4, 0.5) is 0 Å². The van der Waals surface area contributed by atoms with E-state index >= 15 is 0 Å². The van der Waals surface area contributed by atoms with Crippen molar-refractivity contribution >= 4 is 23.2 Å². The van der Waals surface area contributed by atoms with Gasteiger partial charge in [-0.3, -0.25) is 0 Å². The van der Waals surface area contributed by atoms with E-state index in [0.717, 1.165) is 24.9 Å². The van der Waals surface area contributed by atoms with Crippen molar-refractivity contribution in [3.8, 4) is 0 Å². The number of halogens is 2. The van der Waals surface area contributed by atoms with Crippen LogP contribution in [0.1, 0.15) is 50.5 Å². The van der Waals surface area contributed by atoms with Gasteiger partial charge in [-0.25, -0.2) is 0 Å². The largest absolute Gasteiger partial charge is 0.386 e. The smallest absolute Gasteiger partial charge is 0.112 e. The Hall–Kier alpha value is -0.280. The van der Waals surface area contributed by atoms with E-state index in [-0.39, 0.29) is 11.5 Å². The molecule has 1 aromatic rings. The molecule has 122 valence electrons. The molecule has 1 aliphatic carbocycles. The Morgan fingerprint density at radius 2 is 1.68 bits per heavy atom. The van der Waals surface area contributed by atoms with Crippen molar-refractivity contribution in [1.82, 2.24) is 0 Å². The zero-order valence-electron chi connectivity index (χ0n) is 13.1. The number of hydrogen-bond acceptors (Lipinski definition) is 1. The van der Waals surface area contributed by atoms with Crippen LogP contribution >= 0.6 is 23.2 Å². The summed E-state index contributed by atoms with van der Waals surface area (Å²) >= 11 is 12.2. The van der Waals surface area contributed by atoms with E-state index in [9.17, 15) is 5.11 Å². The maximum absolute atomic E-state index is 11.0. The molecule has 0 amide bonds. The summed E-state index contributed by atoms with van der Waals surface area (Å²) in [6.07, 6.45) is 8.29. The molecule has 2 N–H and O–H groups in total. The van der Waals surface area contributed by atoms with Gasteiger partial charge in [0, 0.05) is 5.41 Å². The molecule has 0 radical (unpaired) electrons. The summed E-state index contributed by atoms with van der Waals surface area (Å²) in [6.45, 7) is 3.27. The van der Waals surface area contributed by atoms with Crippen LogP contribution in [0.2, 0.25) is 10.0 Å². The second-order valence-electron chi connectivity index (χ2n) is 7.02. The van der Waals surface area contributed by atoms with Gasteiger partial charge in [0.2, 0.25) is 0 Å². The molecule has 0 spiro atoms. The summed E-state index contributed by atoms with van der Waals surface area (Å²) in [6, 6.07) is 5.88. The van der Waals surface area contributed by atoms with Gasteiger partial charge in [-0.15, -0.1) is 0 Å². The minimum Gasteiger partial charge on any atom is -0.386 e. The number of benzene rings is 1. The molecule has 1 saturated heterocycles. The highest BCUT2D eigenvalue weighted by atomic mass is 35.5. The lowest BCUT2D eigenvalue weighted by Gasteiger charge is -2.46. The minimum atomic E-state index is -0.286. The summed E-state index contributed by atoms with van der Waals surface area (Å²) in [5, 5.41) is 12.2. The lowest BCUT2D eigenvalue weighted by atomic mass is 9.61. The van der Waals surface area contributed by atoms with Gasteiger partial charge in [0.1, 0.15) is 12.6 Å². The van der Waals surface area contributed by atoms with Crippen LogP contribution in [-0.4, -0.2) is 30.8 Å². The first-order valence-electron chi connectivity index (χ1n) is 8.59. The molecule has 2 aliphatic rings. The van der Waals surface area contributed by atoms with Crippen LogP contribution in [-0.2, 0) is 5.41 Å². The quantitative estimate of drug-likeness (QED) is 0.862. The summed E-state index contributed by atoms with van der Waals surface area (Å²) in [4.78, 5) is 1.57. The van der Waals surface area contributed by atoms with Crippen molar-refractivity contribution in [2.24, 2.45) is 0 Å². The van der Waals surface area contributed by atoms with Crippen molar-refractivity contribution in [2.45, 2.75) is 56.5 Å². The van der Waals surface area contributed by atoms with Crippen LogP contribution in [0.15, 0.2) is 18.2 Å². The molecule has 4 heteroatoms. The number of likely N-dealkylation sites (tertiary alicyclic amines) is 1. The fourth-order valence-corrected chi connectivity index (χ4v) is 4.38. The molecule has 1 saturated carbocycles. The average Bonchev–Trinajstić information content (AvgIpc) is 2.70. The van der Waals surface area contributed by atoms with E-state index in [0.29, 0.717) is 10.0 Å². The lowest BCUT2D eigenvalue weighted by Crippen LogP contribution is -3.13. The molecular formula is C18H26Cl2NO+. The molecule has 1 aromatic carbocycles. The topological polar surface area (TPSA) is 24.7 Å². The SMILES string of the molecule is OC(C[NH+]1CCCCCC1)C1(c2ccc(Cl)c(Cl)c2)CCC1. The number of nitrogens with one attached hydrogen (secondary N) is 1. The molecular weight excluding hydrogens is 317 g/mol. The van der Waals surface area contributed by atoms with Gasteiger partial charge in [-0.2, -0.15) is 0 Å². The first kappa shape index (κ1) is 16.6. The predicted molar refractivity (Wildman–Crippen MR) is 92.0 cm³/mol. The number of aliphatic hydroxyl groups excluding tert-OH is 1. The molecule has 22 heavy (non-hydrogen) atoms. The molecule has 1 atom stereocenters. The van der Waals surface area contributed by atoms with Crippen molar-refractivity contribution in [2.75, 3.05) is 19.6 Å². The summed E-state index contributed by atoms with van der Waals surface area (Å²) in [5.74, 6) is 0. The van der Waals surface area contributed by atoms with Gasteiger partial charge in [-0.05, 0) is 56.2 Å². The fraction of sp³-hybridized carbons (Fsp3) is 0.667. The Morgan fingerprint density at radius 1 is 1.00 bits per heavy atom. The molecule has 2 nitrogen and oxygen atoms in total. The Bertz CT molecular complexity index is 508. The fourth-order valence-electron chi connectivity index (χ4n) is 4.08. The molecule has 0 aromatic heterocycles. The van der Waals surface area contributed by atoms with Gasteiger partial charge < -0.3 is 10.0 Å². The van der Waals surface area contributed by atoms with Gasteiger partial charge in [0.25, 0.3) is 0 Å². The maximum atomic E-state index is 11.0. The Labute approximate surface area is 143 Å². The highest BCUT2D eigenvalue weighted by Gasteiger charge is 2.46. The normalized spacial score (nSPS) is 23.6. The van der Waals surface area contributed by atoms with E-state index in [4.69, 9.17) is 23.2 Å². The number of aliphatic hydroxyl groups is 1. The molecule has 1 heterocycles. The van der Waals surface area contributed by atoms with Gasteiger partial charge in [0.15, 0.2) is 0 Å². The van der Waals surface area contributed by atoms with Crippen molar-refractivity contribution < 1.29 is 10.0 Å². The van der Waals surface area contributed by atoms with Crippen molar-refractivity contribution in [3.05, 3.63) is 33.8 Å². The lowest BCUT2D eigenvalue weighted by molar-refractivity contribution is -0.903. The van der Waals surface area contributed by atoms with E-state index < -0.39 is 0 Å². The van der Waals surface area contributed by atoms with Gasteiger partial charge in [-0.1, -0.05) is 35.7 Å². The van der Waals surface area contributed by atoms with E-state index in [1.807, 2.05) is 18.2 Å². The van der Waals surface area contributed by atoms with Crippen LogP contribution < -0.4 is 4.90 Å². The van der Waals surface area contributed by atoms with Crippen LogP contribution in [0.3, 0.4) is 0 Å². The second kappa shape index (κ2) is 7.09. The van der Waals surface area contributed by atoms with Crippen LogP contribution in [0, 0.1) is 0 Å². The first-order chi connectivity index (χ1) is 10.6. The molecule has 1 unspecified atom stereocenters. The maximum Gasteiger partial charge on any atom is 0.112 e. The molecule has 1 aliphatic heterocycles. The Balaban J connectivity index is 1.75. The summed E-state index contributed by atoms with van der Waals surface area (Å²) in [5.41, 5.74) is 1.06. The van der Waals surface area contributed by atoms with Gasteiger partial charge >= 0.3 is 0 Å². The molecule has 0 bridgehead atoms. The van der Waals surface area contributed by atoms with E-state index in [2.05, 4.69) is 0 Å². The van der Waals surface area contributed by atoms with Crippen molar-refractivity contribution in [1.29, 1.82) is 0 Å². The zero-order valence-corrected chi connectivity index (χ0v) is 14.6. The third-order valence-corrected chi connectivity index (χ3v) is 6.41. The minimum absolute atomic E-state index is 0.104. The van der Waals surface area contributed by atoms with E-state index in [1.165, 1.54) is 45.2 Å². The standard InChI is InChI=1S/C18H25Cl2NO/c19-15-7-6-14(12-16(15)20)18(8-5-9-18)17(22)13-21-10-3-1-2-4-11-21/h6-7,12,17,22H,1-5,8-11,13H2/p+1. The highest BCUT2D eigenvalue weighted by molar-refractivity contribution is 6.42. The van der Waals surface area contributed by atoms with Crippen molar-refractivity contribution in [3.63, 3.8) is 0 Å². The van der Waals surface area contributed by atoms with Crippen LogP contribution in [0.5, 0.6) is 0 Å². The molecule has 2 fully saturated rings. The number of quaternary nitrogens is 1. The van der Waals surface area contributed by atoms with E-state index in [1.54, 1.807) is 4.90 Å². The predicted octanol–water partition coefficient (Wildman–Crippen LogP) is 3.23. The van der Waals surface area contributed by atoms with Gasteiger partial charge in [0.05, 0.1) is 23.1 Å². The zero-order chi connectivity index (χ0) is 15.6.